The molecule has 1 aliphatic heterocycles. The van der Waals surface area contributed by atoms with Crippen LogP contribution in [0, 0.1) is 5.92 Å². The van der Waals surface area contributed by atoms with Crippen LogP contribution in [0.2, 0.25) is 10.0 Å². The molecule has 1 saturated heterocycles. The molecule has 1 unspecified atom stereocenters. The monoisotopic (exact) mass is 503 g/mol. The van der Waals surface area contributed by atoms with Gasteiger partial charge < -0.3 is 15.7 Å². The van der Waals surface area contributed by atoms with Gasteiger partial charge in [0, 0.05) is 30.2 Å². The molecule has 0 saturated carbocycles. The first-order valence-electron chi connectivity index (χ1n) is 7.75. The van der Waals surface area contributed by atoms with Crippen LogP contribution >= 0.6 is 58.9 Å². The van der Waals surface area contributed by atoms with Crippen LogP contribution in [-0.2, 0) is 0 Å². The molecule has 0 spiro atoms. The summed E-state index contributed by atoms with van der Waals surface area (Å²) in [6, 6.07) is 5.08. The smallest absolute Gasteiger partial charge is 0.191 e. The van der Waals surface area contributed by atoms with Crippen molar-refractivity contribution in [1.29, 1.82) is 0 Å². The second-order valence-electron chi connectivity index (χ2n) is 5.61. The highest BCUT2D eigenvalue weighted by Gasteiger charge is 2.15. The fourth-order valence-electron chi connectivity index (χ4n) is 2.49. The Balaban J connectivity index is 0.00000288. The standard InChI is InChI=1S/C16H23Cl2N3OS.HI/c1-19-16(20-9-11-2-4-23-5-3-11)21-10-15(22)12-6-13(17)8-14(18)7-12;/h6-8,11,15,22H,2-5,9-10H2,1H3,(H2,19,20,21);1H. The summed E-state index contributed by atoms with van der Waals surface area (Å²) in [5.41, 5.74) is 0.690. The molecular weight excluding hydrogens is 480 g/mol. The quantitative estimate of drug-likeness (QED) is 0.323. The van der Waals surface area contributed by atoms with Crippen LogP contribution in [-0.4, -0.2) is 42.7 Å². The summed E-state index contributed by atoms with van der Waals surface area (Å²) >= 11 is 14.0. The molecule has 136 valence electrons. The van der Waals surface area contributed by atoms with Gasteiger partial charge in [0.25, 0.3) is 0 Å². The Kier molecular flexibility index (Phi) is 10.8. The summed E-state index contributed by atoms with van der Waals surface area (Å²) in [5, 5.41) is 17.8. The normalized spacial score (nSPS) is 17.1. The highest BCUT2D eigenvalue weighted by atomic mass is 127. The second-order valence-corrected chi connectivity index (χ2v) is 7.71. The van der Waals surface area contributed by atoms with E-state index in [2.05, 4.69) is 15.6 Å². The fraction of sp³-hybridized carbons (Fsp3) is 0.562. The largest absolute Gasteiger partial charge is 0.387 e. The van der Waals surface area contributed by atoms with Crippen LogP contribution in [0.25, 0.3) is 0 Å². The summed E-state index contributed by atoms with van der Waals surface area (Å²) in [5.74, 6) is 3.89. The molecular formula is C16H24Cl2IN3OS. The third-order valence-electron chi connectivity index (χ3n) is 3.86. The second kappa shape index (κ2) is 11.7. The van der Waals surface area contributed by atoms with Gasteiger partial charge in [-0.25, -0.2) is 0 Å². The van der Waals surface area contributed by atoms with Gasteiger partial charge >= 0.3 is 0 Å². The summed E-state index contributed by atoms with van der Waals surface area (Å²) in [6.45, 7) is 1.26. The molecule has 1 aromatic rings. The molecule has 8 heteroatoms. The lowest BCUT2D eigenvalue weighted by atomic mass is 10.0. The highest BCUT2D eigenvalue weighted by molar-refractivity contribution is 14.0. The van der Waals surface area contributed by atoms with Crippen LogP contribution < -0.4 is 10.6 Å². The maximum Gasteiger partial charge on any atom is 0.191 e. The molecule has 0 radical (unpaired) electrons. The van der Waals surface area contributed by atoms with Gasteiger partial charge in [-0.3, -0.25) is 4.99 Å². The predicted molar refractivity (Wildman–Crippen MR) is 116 cm³/mol. The molecule has 24 heavy (non-hydrogen) atoms. The Morgan fingerprint density at radius 3 is 2.46 bits per heavy atom. The SMILES string of the molecule is CN=C(NCC1CCSCC1)NCC(O)c1cc(Cl)cc(Cl)c1.I. The van der Waals surface area contributed by atoms with E-state index in [1.807, 2.05) is 11.8 Å². The molecule has 4 nitrogen and oxygen atoms in total. The summed E-state index contributed by atoms with van der Waals surface area (Å²) in [6.07, 6.45) is 1.80. The third kappa shape index (κ3) is 7.56. The van der Waals surface area contributed by atoms with E-state index in [9.17, 15) is 5.11 Å². The zero-order valence-corrected chi connectivity index (χ0v) is 18.3. The zero-order valence-electron chi connectivity index (χ0n) is 13.6. The van der Waals surface area contributed by atoms with Crippen molar-refractivity contribution < 1.29 is 5.11 Å². The number of hydrogen-bond acceptors (Lipinski definition) is 3. The molecule has 3 N–H and O–H groups in total. The number of halogens is 3. The molecule has 1 aliphatic rings. The number of nitrogens with one attached hydrogen (secondary N) is 2. The van der Waals surface area contributed by atoms with Crippen molar-refractivity contribution >= 4 is 64.9 Å². The van der Waals surface area contributed by atoms with Crippen molar-refractivity contribution in [2.75, 3.05) is 31.6 Å². The number of thioether (sulfide) groups is 1. The first-order valence-corrected chi connectivity index (χ1v) is 9.66. The van der Waals surface area contributed by atoms with E-state index >= 15 is 0 Å². The molecule has 0 bridgehead atoms. The van der Waals surface area contributed by atoms with Gasteiger partial charge in [0.1, 0.15) is 0 Å². The number of nitrogens with zero attached hydrogens (tertiary/aromatic N) is 1. The first kappa shape index (κ1) is 22.2. The molecule has 1 aromatic carbocycles. The molecule has 0 aromatic heterocycles. The van der Waals surface area contributed by atoms with Gasteiger partial charge in [0.05, 0.1) is 6.10 Å². The first-order chi connectivity index (χ1) is 11.1. The topological polar surface area (TPSA) is 56.7 Å². The van der Waals surface area contributed by atoms with Crippen LogP contribution in [0.5, 0.6) is 0 Å². The average molecular weight is 504 g/mol. The summed E-state index contributed by atoms with van der Waals surface area (Å²) < 4.78 is 0. The van der Waals surface area contributed by atoms with Crippen molar-refractivity contribution in [1.82, 2.24) is 10.6 Å². The van der Waals surface area contributed by atoms with Crippen LogP contribution in [0.1, 0.15) is 24.5 Å². The Morgan fingerprint density at radius 2 is 1.88 bits per heavy atom. The minimum Gasteiger partial charge on any atom is -0.387 e. The Labute approximate surface area is 175 Å². The third-order valence-corrected chi connectivity index (χ3v) is 5.34. The molecule has 2 rings (SSSR count). The maximum atomic E-state index is 10.3. The molecule has 0 aliphatic carbocycles. The lowest BCUT2D eigenvalue weighted by molar-refractivity contribution is 0.181. The summed E-state index contributed by atoms with van der Waals surface area (Å²) in [7, 11) is 1.73. The minimum absolute atomic E-state index is 0. The van der Waals surface area contributed by atoms with Crippen molar-refractivity contribution in [2.45, 2.75) is 18.9 Å². The number of rotatable bonds is 5. The van der Waals surface area contributed by atoms with E-state index < -0.39 is 6.10 Å². The van der Waals surface area contributed by atoms with E-state index in [4.69, 9.17) is 23.2 Å². The van der Waals surface area contributed by atoms with Crippen molar-refractivity contribution in [2.24, 2.45) is 10.9 Å². The average Bonchev–Trinajstić information content (AvgIpc) is 2.55. The van der Waals surface area contributed by atoms with Gasteiger partial charge in [-0.2, -0.15) is 11.8 Å². The number of aliphatic hydroxyl groups excluding tert-OH is 1. The fourth-order valence-corrected chi connectivity index (χ4v) is 4.24. The minimum atomic E-state index is -0.698. The van der Waals surface area contributed by atoms with E-state index in [0.717, 1.165) is 6.54 Å². The molecule has 1 fully saturated rings. The van der Waals surface area contributed by atoms with Gasteiger partial charge in [0.2, 0.25) is 0 Å². The molecule has 1 heterocycles. The lowest BCUT2D eigenvalue weighted by Gasteiger charge is -2.23. The Bertz CT molecular complexity index is 522. The van der Waals surface area contributed by atoms with Crippen molar-refractivity contribution in [3.8, 4) is 0 Å². The number of guanidine groups is 1. The lowest BCUT2D eigenvalue weighted by Crippen LogP contribution is -2.41. The van der Waals surface area contributed by atoms with E-state index in [1.165, 1.54) is 24.3 Å². The van der Waals surface area contributed by atoms with Crippen LogP contribution in [0.15, 0.2) is 23.2 Å². The van der Waals surface area contributed by atoms with Gasteiger partial charge in [-0.05, 0) is 54.0 Å². The van der Waals surface area contributed by atoms with E-state index in [1.54, 1.807) is 25.2 Å². The van der Waals surface area contributed by atoms with Gasteiger partial charge in [-0.15, -0.1) is 24.0 Å². The number of benzene rings is 1. The highest BCUT2D eigenvalue weighted by Crippen LogP contribution is 2.23. The zero-order chi connectivity index (χ0) is 16.7. The maximum absolute atomic E-state index is 10.3. The Hall–Kier alpha value is 0.110. The van der Waals surface area contributed by atoms with Crippen LogP contribution in [0.3, 0.4) is 0 Å². The summed E-state index contributed by atoms with van der Waals surface area (Å²) in [4.78, 5) is 4.20. The molecule has 0 amide bonds. The van der Waals surface area contributed by atoms with Crippen molar-refractivity contribution in [3.63, 3.8) is 0 Å². The Morgan fingerprint density at radius 1 is 1.25 bits per heavy atom. The number of hydrogen-bond donors (Lipinski definition) is 3. The van der Waals surface area contributed by atoms with Crippen LogP contribution in [0.4, 0.5) is 0 Å². The molecule has 1 atom stereocenters. The van der Waals surface area contributed by atoms with E-state index in [-0.39, 0.29) is 24.0 Å². The predicted octanol–water partition coefficient (Wildman–Crippen LogP) is 3.95. The van der Waals surface area contributed by atoms with Gasteiger partial charge in [-0.1, -0.05) is 23.2 Å². The van der Waals surface area contributed by atoms with Crippen molar-refractivity contribution in [3.05, 3.63) is 33.8 Å². The van der Waals surface area contributed by atoms with Gasteiger partial charge in [0.15, 0.2) is 5.96 Å². The number of aliphatic imine (C=N–C) groups is 1. The number of aliphatic hydroxyl groups is 1. The van der Waals surface area contributed by atoms with E-state index in [0.29, 0.717) is 34.0 Å².